The average Bonchev–Trinajstić information content (AvgIpc) is 2.55. The van der Waals surface area contributed by atoms with E-state index in [9.17, 15) is 9.90 Å². The van der Waals surface area contributed by atoms with Crippen molar-refractivity contribution in [3.8, 4) is 0 Å². The van der Waals surface area contributed by atoms with Gasteiger partial charge in [-0.1, -0.05) is 12.8 Å². The smallest absolute Gasteiger partial charge is 0.320 e. The Hall–Kier alpha value is -0.390. The molecule has 2 heterocycles. The molecule has 1 aromatic heterocycles. The molecule has 0 radical (unpaired) electrons. The van der Waals surface area contributed by atoms with Gasteiger partial charge < -0.3 is 5.11 Å². The lowest BCUT2D eigenvalue weighted by atomic mass is 10.1. The van der Waals surface area contributed by atoms with E-state index in [1.807, 2.05) is 6.07 Å². The molecule has 1 aromatic rings. The van der Waals surface area contributed by atoms with Crippen molar-refractivity contribution in [2.24, 2.45) is 0 Å². The second-order valence-corrected chi connectivity index (χ2v) is 6.93. The Labute approximate surface area is 114 Å². The molecule has 17 heavy (non-hydrogen) atoms. The lowest BCUT2D eigenvalue weighted by Crippen LogP contribution is -2.39. The van der Waals surface area contributed by atoms with Crippen LogP contribution in [-0.2, 0) is 11.3 Å². The fourth-order valence-corrected chi connectivity index (χ4v) is 3.78. The zero-order valence-electron chi connectivity index (χ0n) is 9.56. The van der Waals surface area contributed by atoms with Crippen molar-refractivity contribution in [3.05, 3.63) is 20.8 Å². The van der Waals surface area contributed by atoms with E-state index in [1.54, 1.807) is 11.3 Å². The molecule has 1 atom stereocenters. The summed E-state index contributed by atoms with van der Waals surface area (Å²) in [5, 5.41) is 9.27. The Balaban J connectivity index is 2.07. The first-order chi connectivity index (χ1) is 8.16. The Bertz CT molecular complexity index is 394. The Morgan fingerprint density at radius 1 is 1.47 bits per heavy atom. The van der Waals surface area contributed by atoms with Gasteiger partial charge in [0, 0.05) is 11.4 Å². The van der Waals surface area contributed by atoms with E-state index in [0.717, 1.165) is 42.6 Å². The number of hydrogen-bond donors (Lipinski definition) is 1. The summed E-state index contributed by atoms with van der Waals surface area (Å²) in [5.41, 5.74) is 0. The minimum absolute atomic E-state index is 0.307. The number of rotatable bonds is 3. The summed E-state index contributed by atoms with van der Waals surface area (Å²) in [7, 11) is 0. The Morgan fingerprint density at radius 2 is 2.29 bits per heavy atom. The highest BCUT2D eigenvalue weighted by atomic mass is 79.9. The van der Waals surface area contributed by atoms with Crippen LogP contribution in [-0.4, -0.2) is 28.6 Å². The SMILES string of the molecule is O=C(O)C1CCCCCN1Cc1ccc(Br)s1. The quantitative estimate of drug-likeness (QED) is 0.929. The summed E-state index contributed by atoms with van der Waals surface area (Å²) >= 11 is 5.12. The van der Waals surface area contributed by atoms with Crippen LogP contribution in [0.4, 0.5) is 0 Å². The van der Waals surface area contributed by atoms with Gasteiger partial charge in [-0.15, -0.1) is 11.3 Å². The van der Waals surface area contributed by atoms with Crippen molar-refractivity contribution < 1.29 is 9.90 Å². The highest BCUT2D eigenvalue weighted by Gasteiger charge is 2.27. The molecule has 1 saturated heterocycles. The Kier molecular flexibility index (Phi) is 4.59. The van der Waals surface area contributed by atoms with E-state index in [2.05, 4.69) is 26.9 Å². The van der Waals surface area contributed by atoms with E-state index in [-0.39, 0.29) is 6.04 Å². The van der Waals surface area contributed by atoms with Crippen LogP contribution in [0.5, 0.6) is 0 Å². The van der Waals surface area contributed by atoms with Crippen molar-refractivity contribution in [1.29, 1.82) is 0 Å². The van der Waals surface area contributed by atoms with Crippen LogP contribution in [0.2, 0.25) is 0 Å². The van der Waals surface area contributed by atoms with Gasteiger partial charge in [0.25, 0.3) is 0 Å². The molecule has 0 saturated carbocycles. The van der Waals surface area contributed by atoms with Crippen LogP contribution in [0.1, 0.15) is 30.6 Å². The molecule has 1 N–H and O–H groups in total. The van der Waals surface area contributed by atoms with E-state index in [0.29, 0.717) is 0 Å². The number of carbonyl (C=O) groups is 1. The molecule has 3 nitrogen and oxygen atoms in total. The molecule has 0 spiro atoms. The maximum absolute atomic E-state index is 11.3. The van der Waals surface area contributed by atoms with Crippen LogP contribution < -0.4 is 0 Å². The summed E-state index contributed by atoms with van der Waals surface area (Å²) in [6.07, 6.45) is 4.06. The maximum atomic E-state index is 11.3. The van der Waals surface area contributed by atoms with Gasteiger partial charge in [-0.25, -0.2) is 0 Å². The number of carboxylic acid groups (broad SMARTS) is 1. The van der Waals surface area contributed by atoms with E-state index in [1.165, 1.54) is 4.88 Å². The third-order valence-electron chi connectivity index (χ3n) is 3.14. The summed E-state index contributed by atoms with van der Waals surface area (Å²) < 4.78 is 1.11. The van der Waals surface area contributed by atoms with Crippen molar-refractivity contribution in [2.45, 2.75) is 38.3 Å². The third kappa shape index (κ3) is 3.53. The highest BCUT2D eigenvalue weighted by Crippen LogP contribution is 2.26. The van der Waals surface area contributed by atoms with E-state index >= 15 is 0 Å². The number of thiophene rings is 1. The molecular formula is C12H16BrNO2S. The molecule has 0 bridgehead atoms. The molecule has 5 heteroatoms. The first-order valence-electron chi connectivity index (χ1n) is 5.88. The van der Waals surface area contributed by atoms with Crippen LogP contribution in [0.15, 0.2) is 15.9 Å². The average molecular weight is 318 g/mol. The summed E-state index contributed by atoms with van der Waals surface area (Å²) in [4.78, 5) is 14.6. The Morgan fingerprint density at radius 3 is 2.94 bits per heavy atom. The van der Waals surface area contributed by atoms with Crippen molar-refractivity contribution in [3.63, 3.8) is 0 Å². The van der Waals surface area contributed by atoms with Gasteiger partial charge in [0.2, 0.25) is 0 Å². The van der Waals surface area contributed by atoms with Crippen molar-refractivity contribution in [2.75, 3.05) is 6.54 Å². The van der Waals surface area contributed by atoms with Gasteiger partial charge in [-0.05, 0) is 47.4 Å². The number of carboxylic acids is 1. The van der Waals surface area contributed by atoms with Gasteiger partial charge in [0.05, 0.1) is 3.79 Å². The van der Waals surface area contributed by atoms with Crippen LogP contribution in [0.3, 0.4) is 0 Å². The standard InChI is InChI=1S/C12H16BrNO2S/c13-11-6-5-9(17-11)8-14-7-3-1-2-4-10(14)12(15)16/h5-6,10H,1-4,7-8H2,(H,15,16). The first kappa shape index (κ1) is 13.1. The van der Waals surface area contributed by atoms with Crippen LogP contribution >= 0.6 is 27.3 Å². The topological polar surface area (TPSA) is 40.5 Å². The monoisotopic (exact) mass is 317 g/mol. The zero-order valence-corrected chi connectivity index (χ0v) is 12.0. The summed E-state index contributed by atoms with van der Waals surface area (Å²) in [5.74, 6) is -0.678. The van der Waals surface area contributed by atoms with Crippen molar-refractivity contribution in [1.82, 2.24) is 4.90 Å². The highest BCUT2D eigenvalue weighted by molar-refractivity contribution is 9.11. The fourth-order valence-electron chi connectivity index (χ4n) is 2.27. The largest absolute Gasteiger partial charge is 0.480 e. The summed E-state index contributed by atoms with van der Waals surface area (Å²) in [6.45, 7) is 1.65. The predicted octanol–water partition coefficient (Wildman–Crippen LogP) is 3.34. The summed E-state index contributed by atoms with van der Waals surface area (Å²) in [6, 6.07) is 3.78. The molecule has 94 valence electrons. The molecule has 1 fully saturated rings. The number of aliphatic carboxylic acids is 1. The lowest BCUT2D eigenvalue weighted by Gasteiger charge is -2.25. The number of hydrogen-bond acceptors (Lipinski definition) is 3. The first-order valence-corrected chi connectivity index (χ1v) is 7.49. The van der Waals surface area contributed by atoms with Gasteiger partial charge in [0.1, 0.15) is 6.04 Å². The molecule has 1 aliphatic heterocycles. The second-order valence-electron chi connectivity index (χ2n) is 4.38. The van der Waals surface area contributed by atoms with Crippen LogP contribution in [0, 0.1) is 0 Å². The van der Waals surface area contributed by atoms with Gasteiger partial charge in [0.15, 0.2) is 0 Å². The predicted molar refractivity (Wildman–Crippen MR) is 72.3 cm³/mol. The number of nitrogens with zero attached hydrogens (tertiary/aromatic N) is 1. The third-order valence-corrected chi connectivity index (χ3v) is 4.74. The fraction of sp³-hybridized carbons (Fsp3) is 0.583. The minimum atomic E-state index is -0.678. The number of halogens is 1. The minimum Gasteiger partial charge on any atom is -0.480 e. The van der Waals surface area contributed by atoms with E-state index in [4.69, 9.17) is 0 Å². The zero-order chi connectivity index (χ0) is 12.3. The van der Waals surface area contributed by atoms with Crippen molar-refractivity contribution >= 4 is 33.2 Å². The molecule has 0 aromatic carbocycles. The molecule has 2 rings (SSSR count). The maximum Gasteiger partial charge on any atom is 0.320 e. The normalized spacial score (nSPS) is 22.3. The lowest BCUT2D eigenvalue weighted by molar-refractivity contribution is -0.143. The van der Waals surface area contributed by atoms with Crippen LogP contribution in [0.25, 0.3) is 0 Å². The van der Waals surface area contributed by atoms with Gasteiger partial charge >= 0.3 is 5.97 Å². The molecule has 1 aliphatic rings. The molecule has 1 unspecified atom stereocenters. The number of likely N-dealkylation sites (tertiary alicyclic amines) is 1. The molecule has 0 aliphatic carbocycles. The molecule has 0 amide bonds. The molecular weight excluding hydrogens is 302 g/mol. The van der Waals surface area contributed by atoms with E-state index < -0.39 is 5.97 Å². The van der Waals surface area contributed by atoms with Gasteiger partial charge in [-0.3, -0.25) is 9.69 Å². The van der Waals surface area contributed by atoms with Gasteiger partial charge in [-0.2, -0.15) is 0 Å². The second kappa shape index (κ2) is 5.98.